The molecule has 1 saturated carbocycles. The van der Waals surface area contributed by atoms with Gasteiger partial charge in [0.05, 0.1) is 29.9 Å². The molecule has 0 aromatic carbocycles. The molecule has 0 N–H and O–H groups in total. The molecule has 0 unspecified atom stereocenters. The van der Waals surface area contributed by atoms with Gasteiger partial charge in [-0.25, -0.2) is 18.4 Å². The van der Waals surface area contributed by atoms with Crippen molar-refractivity contribution >= 4 is 27.0 Å². The molecule has 166 valence electrons. The van der Waals surface area contributed by atoms with Gasteiger partial charge in [0.25, 0.3) is 11.8 Å². The summed E-state index contributed by atoms with van der Waals surface area (Å²) in [7, 11) is -3.76. The summed E-state index contributed by atoms with van der Waals surface area (Å²) in [5.41, 5.74) is 0.142. The highest BCUT2D eigenvalue weighted by atomic mass is 32.2. The number of hydrogen-bond acceptors (Lipinski definition) is 9. The van der Waals surface area contributed by atoms with Crippen molar-refractivity contribution in [3.05, 3.63) is 35.4 Å². The molecule has 3 aromatic heterocycles. The quantitative estimate of drug-likeness (QED) is 0.428. The lowest BCUT2D eigenvalue weighted by atomic mass is 10.4. The Morgan fingerprint density at radius 3 is 2.52 bits per heavy atom. The maximum absolute atomic E-state index is 12.9. The third-order valence-corrected chi connectivity index (χ3v) is 7.38. The zero-order valence-electron chi connectivity index (χ0n) is 15.4. The Balaban J connectivity index is 1.59. The van der Waals surface area contributed by atoms with E-state index < -0.39 is 34.2 Å². The first-order chi connectivity index (χ1) is 14.7. The Kier molecular flexibility index (Phi) is 5.79. The minimum atomic E-state index is -3.76. The third kappa shape index (κ3) is 4.76. The molecule has 0 atom stereocenters. The first-order valence-corrected chi connectivity index (χ1v) is 11.0. The summed E-state index contributed by atoms with van der Waals surface area (Å²) in [6.07, 6.45) is 0.500. The Morgan fingerprint density at radius 1 is 1.16 bits per heavy atom. The van der Waals surface area contributed by atoms with Gasteiger partial charge in [0.15, 0.2) is 0 Å². The Hall–Kier alpha value is -2.81. The zero-order valence-corrected chi connectivity index (χ0v) is 17.0. The molecule has 1 aliphatic rings. The van der Waals surface area contributed by atoms with Crippen LogP contribution in [-0.4, -0.2) is 40.4 Å². The number of ether oxygens (including phenoxy) is 1. The van der Waals surface area contributed by atoms with Crippen molar-refractivity contribution in [1.29, 1.82) is 0 Å². The summed E-state index contributed by atoms with van der Waals surface area (Å²) in [5, 5.41) is 6.54. The molecule has 15 heteroatoms. The molecular formula is C16H13F4N5O4S2. The average molecular weight is 479 g/mol. The number of alkyl halides is 4. The van der Waals surface area contributed by atoms with Crippen molar-refractivity contribution in [1.82, 2.24) is 20.2 Å². The number of rotatable bonds is 9. The first-order valence-electron chi connectivity index (χ1n) is 8.73. The van der Waals surface area contributed by atoms with Crippen molar-refractivity contribution in [2.24, 2.45) is 0 Å². The number of halogens is 4. The summed E-state index contributed by atoms with van der Waals surface area (Å²) in [5.74, 6) is -1.35. The van der Waals surface area contributed by atoms with Crippen molar-refractivity contribution in [2.75, 3.05) is 4.31 Å². The molecule has 0 radical (unpaired) electrons. The molecule has 4 rings (SSSR count). The topological polar surface area (TPSA) is 111 Å². The van der Waals surface area contributed by atoms with E-state index in [4.69, 9.17) is 4.42 Å². The van der Waals surface area contributed by atoms with Crippen LogP contribution in [0, 0.1) is 0 Å². The highest BCUT2D eigenvalue weighted by molar-refractivity contribution is 7.93. The number of pyridine rings is 1. The van der Waals surface area contributed by atoms with E-state index in [1.54, 1.807) is 0 Å². The van der Waals surface area contributed by atoms with E-state index in [0.29, 0.717) is 17.8 Å². The fourth-order valence-electron chi connectivity index (χ4n) is 2.58. The van der Waals surface area contributed by atoms with E-state index in [0.717, 1.165) is 27.9 Å². The predicted octanol–water partition coefficient (Wildman–Crippen LogP) is 3.63. The summed E-state index contributed by atoms with van der Waals surface area (Å²) in [4.78, 5) is 8.12. The zero-order chi connectivity index (χ0) is 22.2. The predicted molar refractivity (Wildman–Crippen MR) is 99.4 cm³/mol. The van der Waals surface area contributed by atoms with Crippen LogP contribution in [0.2, 0.25) is 0 Å². The fraction of sp³-hybridized carbons (Fsp3) is 0.375. The van der Waals surface area contributed by atoms with Crippen molar-refractivity contribution in [3.63, 3.8) is 0 Å². The van der Waals surface area contributed by atoms with Crippen LogP contribution in [0.25, 0.3) is 10.8 Å². The van der Waals surface area contributed by atoms with Crippen LogP contribution in [0.1, 0.15) is 30.2 Å². The minimum Gasteiger partial charge on any atom is -0.417 e. The van der Waals surface area contributed by atoms with Crippen molar-refractivity contribution < 1.29 is 35.1 Å². The summed E-state index contributed by atoms with van der Waals surface area (Å²) >= 11 is 0.991. The molecule has 0 amide bonds. The second-order valence-electron chi connectivity index (χ2n) is 6.35. The van der Waals surface area contributed by atoms with Gasteiger partial charge < -0.3 is 9.15 Å². The van der Waals surface area contributed by atoms with Gasteiger partial charge in [0.2, 0.25) is 15.9 Å². The lowest BCUT2D eigenvalue weighted by molar-refractivity contribution is -0.0528. The number of hydrogen-bond donors (Lipinski definition) is 0. The van der Waals surface area contributed by atoms with Crippen molar-refractivity contribution in [3.8, 4) is 16.6 Å². The van der Waals surface area contributed by atoms with E-state index >= 15 is 0 Å². The maximum Gasteiger partial charge on any atom is 0.388 e. The van der Waals surface area contributed by atoms with Crippen LogP contribution in [0.4, 0.5) is 23.2 Å². The van der Waals surface area contributed by atoms with Crippen LogP contribution >= 0.6 is 11.3 Å². The molecule has 0 aliphatic heterocycles. The lowest BCUT2D eigenvalue weighted by Crippen LogP contribution is -2.33. The Morgan fingerprint density at radius 2 is 1.94 bits per heavy atom. The molecule has 9 nitrogen and oxygen atoms in total. The van der Waals surface area contributed by atoms with Gasteiger partial charge in [-0.15, -0.1) is 21.5 Å². The van der Waals surface area contributed by atoms with Gasteiger partial charge in [0.1, 0.15) is 9.88 Å². The van der Waals surface area contributed by atoms with E-state index in [-0.39, 0.29) is 28.9 Å². The summed E-state index contributed by atoms with van der Waals surface area (Å²) in [6.45, 7) is -3.25. The monoisotopic (exact) mass is 479 g/mol. The number of anilines is 1. The molecule has 0 saturated heterocycles. The van der Waals surface area contributed by atoms with Crippen LogP contribution in [0.5, 0.6) is 5.88 Å². The standard InChI is InChI=1S/C16H13F4N5O4S2/c17-13(18)15-24-23-14(29-15)10-6-22-12(30-10)7-25(31(26,27)9-2-3-9)8-1-4-11(21-5-8)28-16(19)20/h1,4-6,9,13,16H,2-3,7H2. The molecule has 1 fully saturated rings. The van der Waals surface area contributed by atoms with Gasteiger partial charge in [-0.2, -0.15) is 17.6 Å². The van der Waals surface area contributed by atoms with Gasteiger partial charge in [-0.05, 0) is 18.9 Å². The molecule has 1 aliphatic carbocycles. The molecular weight excluding hydrogens is 466 g/mol. The van der Waals surface area contributed by atoms with Crippen LogP contribution in [-0.2, 0) is 16.6 Å². The Bertz CT molecular complexity index is 1150. The molecule has 31 heavy (non-hydrogen) atoms. The lowest BCUT2D eigenvalue weighted by Gasteiger charge is -2.23. The van der Waals surface area contributed by atoms with Gasteiger partial charge in [-0.1, -0.05) is 0 Å². The fourth-order valence-corrected chi connectivity index (χ4v) is 5.29. The number of sulfonamides is 1. The highest BCUT2D eigenvalue weighted by Crippen LogP contribution is 2.36. The SMILES string of the molecule is O=S(=O)(C1CC1)N(Cc1ncc(-c2nnc(C(F)F)o2)s1)c1ccc(OC(F)F)nc1. The molecule has 0 bridgehead atoms. The van der Waals surface area contributed by atoms with Crippen molar-refractivity contribution in [2.45, 2.75) is 37.7 Å². The second kappa shape index (κ2) is 8.37. The highest BCUT2D eigenvalue weighted by Gasteiger charge is 2.41. The summed E-state index contributed by atoms with van der Waals surface area (Å²) < 4.78 is 85.9. The number of nitrogens with zero attached hydrogens (tertiary/aromatic N) is 5. The summed E-state index contributed by atoms with van der Waals surface area (Å²) in [6, 6.07) is 2.43. The average Bonchev–Trinajstić information content (AvgIpc) is 3.28. The maximum atomic E-state index is 12.9. The first kappa shape index (κ1) is 21.4. The van der Waals surface area contributed by atoms with Crippen LogP contribution < -0.4 is 9.04 Å². The molecule has 3 heterocycles. The van der Waals surface area contributed by atoms with Gasteiger partial charge in [0, 0.05) is 6.07 Å². The van der Waals surface area contributed by atoms with E-state index in [1.807, 2.05) is 0 Å². The van der Waals surface area contributed by atoms with Crippen LogP contribution in [0.3, 0.4) is 0 Å². The Labute approximate surface area is 176 Å². The second-order valence-corrected chi connectivity index (χ2v) is 9.60. The smallest absolute Gasteiger partial charge is 0.388 e. The van der Waals surface area contributed by atoms with E-state index in [9.17, 15) is 26.0 Å². The number of thiazole rings is 1. The van der Waals surface area contributed by atoms with E-state index in [1.165, 1.54) is 12.3 Å². The van der Waals surface area contributed by atoms with Gasteiger partial charge >= 0.3 is 13.0 Å². The van der Waals surface area contributed by atoms with Gasteiger partial charge in [-0.3, -0.25) is 4.31 Å². The van der Waals surface area contributed by atoms with E-state index in [2.05, 4.69) is 24.9 Å². The normalized spacial score (nSPS) is 14.4. The molecule has 0 spiro atoms. The minimum absolute atomic E-state index is 0.142. The third-order valence-electron chi connectivity index (χ3n) is 4.14. The van der Waals surface area contributed by atoms with Crippen LogP contribution in [0.15, 0.2) is 28.9 Å². The largest absolute Gasteiger partial charge is 0.417 e. The number of aromatic nitrogens is 4. The molecule has 3 aromatic rings.